The van der Waals surface area contributed by atoms with E-state index in [0.29, 0.717) is 28.3 Å². The zero-order valence-electron chi connectivity index (χ0n) is 19.8. The summed E-state index contributed by atoms with van der Waals surface area (Å²) in [4.78, 5) is 0. The van der Waals surface area contributed by atoms with Gasteiger partial charge in [0.25, 0.3) is 0 Å². The van der Waals surface area contributed by atoms with Crippen molar-refractivity contribution in [2.75, 3.05) is 30.6 Å². The molecule has 2 atom stereocenters. The highest BCUT2D eigenvalue weighted by molar-refractivity contribution is 7.91. The van der Waals surface area contributed by atoms with Crippen LogP contribution in [0.3, 0.4) is 0 Å². The van der Waals surface area contributed by atoms with E-state index in [2.05, 4.69) is 13.8 Å². The quantitative estimate of drug-likeness (QED) is 0.274. The minimum Gasteiger partial charge on any atom is -0.493 e. The number of hydrogen-bond donors (Lipinski definition) is 0. The van der Waals surface area contributed by atoms with Crippen molar-refractivity contribution in [2.45, 2.75) is 40.0 Å². The Morgan fingerprint density at radius 1 is 0.909 bits per heavy atom. The Kier molecular flexibility index (Phi) is 10.2. The first-order valence-corrected chi connectivity index (χ1v) is 14.1. The van der Waals surface area contributed by atoms with Crippen LogP contribution in [0.2, 0.25) is 10.0 Å². The Labute approximate surface area is 213 Å². The van der Waals surface area contributed by atoms with E-state index in [1.165, 1.54) is 0 Å². The number of halogens is 3. The molecule has 0 aliphatic carbocycles. The third-order valence-electron chi connectivity index (χ3n) is 5.58. The minimum atomic E-state index is -3.07. The lowest BCUT2D eigenvalue weighted by Crippen LogP contribution is -2.21. The van der Waals surface area contributed by atoms with Crippen molar-refractivity contribution in [3.05, 3.63) is 57.6 Å². The maximum atomic E-state index is 11.8. The Morgan fingerprint density at radius 3 is 1.97 bits per heavy atom. The monoisotopic (exact) mass is 534 g/mol. The summed E-state index contributed by atoms with van der Waals surface area (Å²) in [6, 6.07) is 11.7. The molecule has 2 aromatic carbocycles. The molecule has 2 rings (SSSR count). The minimum absolute atomic E-state index is 0.0638. The van der Waals surface area contributed by atoms with Gasteiger partial charge in [-0.3, -0.25) is 0 Å². The van der Waals surface area contributed by atoms with Gasteiger partial charge >= 0.3 is 0 Å². The molecule has 0 bridgehead atoms. The molecule has 2 aromatic rings. The van der Waals surface area contributed by atoms with E-state index < -0.39 is 9.84 Å². The first-order valence-electron chi connectivity index (χ1n) is 11.0. The van der Waals surface area contributed by atoms with E-state index >= 15 is 0 Å². The summed E-state index contributed by atoms with van der Waals surface area (Å²) < 4.78 is 35.2. The van der Waals surface area contributed by atoms with Crippen LogP contribution in [0.4, 0.5) is 0 Å². The van der Waals surface area contributed by atoms with Crippen LogP contribution in [0, 0.1) is 11.8 Å². The Morgan fingerprint density at radius 2 is 1.45 bits per heavy atom. The number of benzene rings is 2. The third-order valence-corrected chi connectivity index (χ3v) is 8.63. The third kappa shape index (κ3) is 7.95. The molecule has 0 aromatic heterocycles. The molecular formula is C25H33Cl3O4S. The van der Waals surface area contributed by atoms with Crippen LogP contribution < -0.4 is 9.47 Å². The van der Waals surface area contributed by atoms with Crippen molar-refractivity contribution in [3.8, 4) is 11.5 Å². The predicted octanol–water partition coefficient (Wildman–Crippen LogP) is 7.02. The lowest BCUT2D eigenvalue weighted by atomic mass is 9.78. The van der Waals surface area contributed by atoms with Gasteiger partial charge < -0.3 is 9.47 Å². The lowest BCUT2D eigenvalue weighted by molar-refractivity contribution is 0.272. The lowest BCUT2D eigenvalue weighted by Gasteiger charge is -2.27. The Bertz CT molecular complexity index is 997. The molecule has 0 saturated heterocycles. The maximum absolute atomic E-state index is 11.8. The first-order chi connectivity index (χ1) is 15.4. The van der Waals surface area contributed by atoms with Crippen molar-refractivity contribution in [2.24, 2.45) is 11.8 Å². The summed E-state index contributed by atoms with van der Waals surface area (Å²) in [5.74, 6) is 2.01. The number of alkyl halides is 1. The van der Waals surface area contributed by atoms with Crippen LogP contribution in [-0.4, -0.2) is 39.0 Å². The molecule has 0 unspecified atom stereocenters. The molecule has 8 heteroatoms. The van der Waals surface area contributed by atoms with Gasteiger partial charge in [0.1, 0.15) is 15.6 Å². The van der Waals surface area contributed by atoms with Gasteiger partial charge in [0.2, 0.25) is 0 Å². The predicted molar refractivity (Wildman–Crippen MR) is 139 cm³/mol. The molecule has 0 saturated carbocycles. The van der Waals surface area contributed by atoms with Crippen LogP contribution in [0.15, 0.2) is 36.4 Å². The molecule has 184 valence electrons. The highest BCUT2D eigenvalue weighted by atomic mass is 35.5. The molecule has 0 heterocycles. The topological polar surface area (TPSA) is 52.6 Å². The molecular weight excluding hydrogens is 503 g/mol. The molecule has 0 aliphatic heterocycles. The average molecular weight is 536 g/mol. The molecule has 0 fully saturated rings. The fraction of sp³-hybridized carbons (Fsp3) is 0.520. The molecule has 0 N–H and O–H groups in total. The van der Waals surface area contributed by atoms with Gasteiger partial charge in [-0.05, 0) is 35.4 Å². The average Bonchev–Trinajstić information content (AvgIpc) is 2.76. The van der Waals surface area contributed by atoms with Gasteiger partial charge in [-0.2, -0.15) is 0 Å². The first kappa shape index (κ1) is 28.1. The second-order valence-corrected chi connectivity index (χ2v) is 12.6. The zero-order chi connectivity index (χ0) is 24.8. The van der Waals surface area contributed by atoms with Crippen molar-refractivity contribution in [3.63, 3.8) is 0 Å². The summed E-state index contributed by atoms with van der Waals surface area (Å²) in [6.07, 6.45) is 0. The molecule has 4 nitrogen and oxygen atoms in total. The van der Waals surface area contributed by atoms with Gasteiger partial charge in [-0.25, -0.2) is 8.42 Å². The van der Waals surface area contributed by atoms with E-state index in [0.717, 1.165) is 16.9 Å². The van der Waals surface area contributed by atoms with Crippen LogP contribution in [-0.2, 0) is 15.3 Å². The fourth-order valence-corrected chi connectivity index (χ4v) is 5.19. The highest BCUT2D eigenvalue weighted by Crippen LogP contribution is 2.41. The van der Waals surface area contributed by atoms with Crippen LogP contribution in [0.25, 0.3) is 0 Å². The highest BCUT2D eigenvalue weighted by Gasteiger charge is 2.26. The number of sulfone groups is 1. The van der Waals surface area contributed by atoms with Crippen LogP contribution in [0.5, 0.6) is 11.5 Å². The van der Waals surface area contributed by atoms with Crippen molar-refractivity contribution < 1.29 is 17.9 Å². The van der Waals surface area contributed by atoms with Crippen molar-refractivity contribution >= 4 is 44.6 Å². The Hall–Kier alpha value is -1.14. The molecule has 0 amide bonds. The van der Waals surface area contributed by atoms with E-state index in [-0.39, 0.29) is 35.4 Å². The van der Waals surface area contributed by atoms with Crippen molar-refractivity contribution in [1.82, 2.24) is 0 Å². The number of hydrogen-bond acceptors (Lipinski definition) is 4. The molecule has 0 spiro atoms. The largest absolute Gasteiger partial charge is 0.493 e. The molecule has 0 radical (unpaired) electrons. The smallest absolute Gasteiger partial charge is 0.156 e. The van der Waals surface area contributed by atoms with Gasteiger partial charge in [0.15, 0.2) is 5.75 Å². The van der Waals surface area contributed by atoms with E-state index in [9.17, 15) is 8.42 Å². The second-order valence-electron chi connectivity index (χ2n) is 9.10. The van der Waals surface area contributed by atoms with Gasteiger partial charge in [-0.1, -0.05) is 70.0 Å². The number of rotatable bonds is 12. The Balaban J connectivity index is 2.15. The second kappa shape index (κ2) is 12.0. The normalized spacial score (nSPS) is 14.1. The van der Waals surface area contributed by atoms with Crippen molar-refractivity contribution in [1.29, 1.82) is 0 Å². The molecule has 33 heavy (non-hydrogen) atoms. The SMILES string of the molecule is CCS(=O)(=O)C[C@H](C)COc1c(Cl)cc(C(C)(C)c2ccc(OC[C@H](C)CCl)cc2)cc1Cl. The summed E-state index contributed by atoms with van der Waals surface area (Å²) in [7, 11) is -3.07. The van der Waals surface area contributed by atoms with E-state index in [4.69, 9.17) is 44.3 Å². The fourth-order valence-electron chi connectivity index (χ4n) is 3.30. The maximum Gasteiger partial charge on any atom is 0.156 e. The zero-order valence-corrected chi connectivity index (χ0v) is 22.9. The van der Waals surface area contributed by atoms with E-state index in [1.54, 1.807) is 6.92 Å². The van der Waals surface area contributed by atoms with Crippen LogP contribution in [0.1, 0.15) is 45.7 Å². The van der Waals surface area contributed by atoms with Gasteiger partial charge in [0.05, 0.1) is 29.0 Å². The van der Waals surface area contributed by atoms with Gasteiger partial charge in [0, 0.05) is 28.9 Å². The standard InChI is InChI=1S/C25H33Cl3O4S/c1-6-33(29,30)16-18(3)15-32-24-22(27)11-20(12-23(24)28)25(4,5)19-7-9-21(10-8-19)31-14-17(2)13-26/h7-12,17-18H,6,13-16H2,1-5H3/t17-,18-/m1/s1. The van der Waals surface area contributed by atoms with Crippen LogP contribution >= 0.6 is 34.8 Å². The summed E-state index contributed by atoms with van der Waals surface area (Å²) >= 11 is 18.9. The summed E-state index contributed by atoms with van der Waals surface area (Å²) in [6.45, 7) is 10.5. The summed E-state index contributed by atoms with van der Waals surface area (Å²) in [5.41, 5.74) is 1.66. The number of ether oxygens (including phenoxy) is 2. The molecule has 0 aliphatic rings. The van der Waals surface area contributed by atoms with E-state index in [1.807, 2.05) is 50.2 Å². The van der Waals surface area contributed by atoms with Gasteiger partial charge in [-0.15, -0.1) is 11.6 Å². The summed E-state index contributed by atoms with van der Waals surface area (Å²) in [5, 5.41) is 0.789.